The summed E-state index contributed by atoms with van der Waals surface area (Å²) in [7, 11) is 0. The van der Waals surface area contributed by atoms with E-state index < -0.39 is 10.8 Å². The predicted molar refractivity (Wildman–Crippen MR) is 89.0 cm³/mol. The zero-order chi connectivity index (χ0) is 16.8. The Balaban J connectivity index is 2.25. The minimum atomic E-state index is -0.673. The van der Waals surface area contributed by atoms with Crippen LogP contribution in [0.4, 0.5) is 11.4 Å². The largest absolute Gasteiger partial charge is 0.316 e. The molecule has 2 rings (SSSR count). The number of nitro benzene ring substituents is 1. The van der Waals surface area contributed by atoms with Gasteiger partial charge in [-0.05, 0) is 30.7 Å². The lowest BCUT2D eigenvalue weighted by molar-refractivity contribution is -0.383. The van der Waals surface area contributed by atoms with Gasteiger partial charge in [0.2, 0.25) is 0 Å². The smallest absolute Gasteiger partial charge is 0.292 e. The number of rotatable bonds is 5. The summed E-state index contributed by atoms with van der Waals surface area (Å²) in [5.41, 5.74) is -0.265. The maximum absolute atomic E-state index is 12.2. The molecule has 6 nitrogen and oxygen atoms in total. The predicted octanol–water partition coefficient (Wildman–Crippen LogP) is 3.76. The summed E-state index contributed by atoms with van der Waals surface area (Å²) in [6, 6.07) is 11.4. The van der Waals surface area contributed by atoms with E-state index in [2.05, 4.69) is 5.32 Å². The number of hydrogen-bond acceptors (Lipinski definition) is 5. The standard InChI is InChI=1S/C16H13N3O3S/c1-2-12-7-8-13(23-12)9-11(10-17)16(20)18-14-5-3-4-6-15(14)19(21)22/h3-9H,2H2,1H3,(H,18,20). The average Bonchev–Trinajstić information content (AvgIpc) is 3.00. The molecule has 0 fully saturated rings. The average molecular weight is 327 g/mol. The summed E-state index contributed by atoms with van der Waals surface area (Å²) in [5.74, 6) is -0.673. The van der Waals surface area contributed by atoms with Crippen LogP contribution in [-0.2, 0) is 11.2 Å². The Morgan fingerprint density at radius 3 is 2.74 bits per heavy atom. The van der Waals surface area contributed by atoms with Gasteiger partial charge in [-0.15, -0.1) is 11.3 Å². The van der Waals surface area contributed by atoms with Crippen LogP contribution in [0.25, 0.3) is 6.08 Å². The van der Waals surface area contributed by atoms with E-state index in [1.165, 1.54) is 35.6 Å². The molecule has 0 bridgehead atoms. The summed E-state index contributed by atoms with van der Waals surface area (Å²) in [5, 5.41) is 22.5. The molecule has 23 heavy (non-hydrogen) atoms. The van der Waals surface area contributed by atoms with E-state index in [-0.39, 0.29) is 16.9 Å². The maximum atomic E-state index is 12.2. The Morgan fingerprint density at radius 2 is 2.13 bits per heavy atom. The Bertz CT molecular complexity index is 818. The lowest BCUT2D eigenvalue weighted by Gasteiger charge is -2.04. The van der Waals surface area contributed by atoms with Gasteiger partial charge < -0.3 is 5.32 Å². The molecule has 0 aliphatic carbocycles. The van der Waals surface area contributed by atoms with Gasteiger partial charge in [-0.2, -0.15) is 5.26 Å². The van der Waals surface area contributed by atoms with Gasteiger partial charge >= 0.3 is 0 Å². The SMILES string of the molecule is CCc1ccc(C=C(C#N)C(=O)Nc2ccccc2[N+](=O)[O-])s1. The maximum Gasteiger partial charge on any atom is 0.292 e. The van der Waals surface area contributed by atoms with E-state index in [1.807, 2.05) is 25.1 Å². The number of aryl methyl sites for hydroxylation is 1. The topological polar surface area (TPSA) is 96.0 Å². The molecule has 0 spiro atoms. The quantitative estimate of drug-likeness (QED) is 0.391. The lowest BCUT2D eigenvalue weighted by Crippen LogP contribution is -2.14. The van der Waals surface area contributed by atoms with Crippen molar-refractivity contribution in [2.45, 2.75) is 13.3 Å². The van der Waals surface area contributed by atoms with Crippen molar-refractivity contribution >= 4 is 34.7 Å². The molecule has 0 aliphatic heterocycles. The summed E-state index contributed by atoms with van der Waals surface area (Å²) < 4.78 is 0. The van der Waals surface area contributed by atoms with Crippen LogP contribution in [0.2, 0.25) is 0 Å². The van der Waals surface area contributed by atoms with Gasteiger partial charge in [0.1, 0.15) is 17.3 Å². The highest BCUT2D eigenvalue weighted by atomic mass is 32.1. The van der Waals surface area contributed by atoms with Crippen LogP contribution in [-0.4, -0.2) is 10.8 Å². The normalized spacial score (nSPS) is 10.9. The number of hydrogen-bond donors (Lipinski definition) is 1. The first kappa shape index (κ1) is 16.4. The summed E-state index contributed by atoms with van der Waals surface area (Å²) in [4.78, 5) is 24.5. The van der Waals surface area contributed by atoms with Crippen molar-refractivity contribution in [3.8, 4) is 6.07 Å². The number of anilines is 1. The number of thiophene rings is 1. The van der Waals surface area contributed by atoms with Crippen LogP contribution in [0.5, 0.6) is 0 Å². The van der Waals surface area contributed by atoms with Crippen molar-refractivity contribution in [3.05, 3.63) is 61.8 Å². The van der Waals surface area contributed by atoms with Gasteiger partial charge in [-0.25, -0.2) is 0 Å². The molecule has 7 heteroatoms. The van der Waals surface area contributed by atoms with Crippen molar-refractivity contribution in [1.29, 1.82) is 5.26 Å². The zero-order valence-electron chi connectivity index (χ0n) is 12.3. The Labute approximate surface area is 136 Å². The van der Waals surface area contributed by atoms with Crippen LogP contribution in [0.15, 0.2) is 42.0 Å². The molecule has 0 atom stereocenters. The van der Waals surface area contributed by atoms with Crippen LogP contribution in [0.3, 0.4) is 0 Å². The van der Waals surface area contributed by atoms with Crippen molar-refractivity contribution in [2.24, 2.45) is 0 Å². The third-order valence-corrected chi connectivity index (χ3v) is 4.21. The van der Waals surface area contributed by atoms with Crippen molar-refractivity contribution in [2.75, 3.05) is 5.32 Å². The van der Waals surface area contributed by atoms with Gasteiger partial charge in [-0.3, -0.25) is 14.9 Å². The van der Waals surface area contributed by atoms with Gasteiger partial charge in [0, 0.05) is 15.8 Å². The first-order chi connectivity index (χ1) is 11.0. The number of nitro groups is 1. The van der Waals surface area contributed by atoms with Crippen LogP contribution in [0.1, 0.15) is 16.7 Å². The number of nitrogens with one attached hydrogen (secondary N) is 1. The molecule has 1 aromatic heterocycles. The van der Waals surface area contributed by atoms with E-state index in [1.54, 1.807) is 6.07 Å². The molecule has 1 N–H and O–H groups in total. The number of carbonyl (C=O) groups excluding carboxylic acids is 1. The molecule has 1 heterocycles. The Morgan fingerprint density at radius 1 is 1.39 bits per heavy atom. The molecule has 1 aromatic carbocycles. The number of nitrogens with zero attached hydrogens (tertiary/aromatic N) is 2. The Hall–Kier alpha value is -2.98. The van der Waals surface area contributed by atoms with E-state index >= 15 is 0 Å². The van der Waals surface area contributed by atoms with Gasteiger partial charge in [0.05, 0.1) is 4.92 Å². The molecule has 1 amide bonds. The third kappa shape index (κ3) is 4.02. The number of amides is 1. The molecule has 0 radical (unpaired) electrons. The molecule has 2 aromatic rings. The van der Waals surface area contributed by atoms with Crippen LogP contribution in [0, 0.1) is 21.4 Å². The molecule has 0 saturated heterocycles. The molecular formula is C16H13N3O3S. The lowest BCUT2D eigenvalue weighted by atomic mass is 10.2. The van der Waals surface area contributed by atoms with Crippen molar-refractivity contribution in [1.82, 2.24) is 0 Å². The second-order valence-corrected chi connectivity index (χ2v) is 5.76. The van der Waals surface area contributed by atoms with E-state index in [4.69, 9.17) is 5.26 Å². The first-order valence-electron chi connectivity index (χ1n) is 6.80. The number of carbonyl (C=O) groups is 1. The first-order valence-corrected chi connectivity index (χ1v) is 7.62. The minimum absolute atomic E-state index is 0.0593. The fourth-order valence-electron chi connectivity index (χ4n) is 1.88. The van der Waals surface area contributed by atoms with E-state index in [9.17, 15) is 14.9 Å². The molecule has 0 aliphatic rings. The van der Waals surface area contributed by atoms with Gasteiger partial charge in [-0.1, -0.05) is 19.1 Å². The van der Waals surface area contributed by atoms with Crippen LogP contribution >= 0.6 is 11.3 Å². The second-order valence-electron chi connectivity index (χ2n) is 4.56. The fraction of sp³-hybridized carbons (Fsp3) is 0.125. The van der Waals surface area contributed by atoms with Crippen LogP contribution < -0.4 is 5.32 Å². The monoisotopic (exact) mass is 327 g/mol. The Kier molecular flexibility index (Phi) is 5.23. The van der Waals surface area contributed by atoms with Gasteiger partial charge in [0.15, 0.2) is 0 Å². The molecule has 0 unspecified atom stereocenters. The number of nitriles is 1. The zero-order valence-corrected chi connectivity index (χ0v) is 13.1. The minimum Gasteiger partial charge on any atom is -0.316 e. The fourth-order valence-corrected chi connectivity index (χ4v) is 2.78. The van der Waals surface area contributed by atoms with Crippen molar-refractivity contribution in [3.63, 3.8) is 0 Å². The number of benzene rings is 1. The van der Waals surface area contributed by atoms with E-state index in [0.29, 0.717) is 0 Å². The number of para-hydroxylation sites is 2. The molecule has 0 saturated carbocycles. The summed E-state index contributed by atoms with van der Waals surface area (Å²) in [6.45, 7) is 2.02. The van der Waals surface area contributed by atoms with E-state index in [0.717, 1.165) is 16.2 Å². The molecular weight excluding hydrogens is 314 g/mol. The highest BCUT2D eigenvalue weighted by molar-refractivity contribution is 7.12. The van der Waals surface area contributed by atoms with Gasteiger partial charge in [0.25, 0.3) is 11.6 Å². The molecule has 116 valence electrons. The van der Waals surface area contributed by atoms with Crippen molar-refractivity contribution < 1.29 is 9.72 Å². The summed E-state index contributed by atoms with van der Waals surface area (Å²) >= 11 is 1.49. The highest BCUT2D eigenvalue weighted by Crippen LogP contribution is 2.24. The second kappa shape index (κ2) is 7.33. The highest BCUT2D eigenvalue weighted by Gasteiger charge is 2.17. The third-order valence-electron chi connectivity index (χ3n) is 3.03. The summed E-state index contributed by atoms with van der Waals surface area (Å²) in [6.07, 6.45) is 2.36.